The first-order valence-corrected chi connectivity index (χ1v) is 8.13. The zero-order valence-corrected chi connectivity index (χ0v) is 10.1. The van der Waals surface area contributed by atoms with Crippen molar-refractivity contribution in [3.63, 3.8) is 0 Å². The summed E-state index contributed by atoms with van der Waals surface area (Å²) in [6.07, 6.45) is 1.87. The first-order chi connectivity index (χ1) is 6.56. The Hall–Kier alpha value is -1.08. The maximum Gasteiger partial charge on any atom is 0.0849 e. The van der Waals surface area contributed by atoms with E-state index in [1.54, 1.807) is 0 Å². The summed E-state index contributed by atoms with van der Waals surface area (Å²) in [6.45, 7) is 12.5. The van der Waals surface area contributed by atoms with Gasteiger partial charge in [0.2, 0.25) is 0 Å². The van der Waals surface area contributed by atoms with Crippen LogP contribution in [0.25, 0.3) is 0 Å². The smallest absolute Gasteiger partial charge is 0.0849 e. The van der Waals surface area contributed by atoms with Gasteiger partial charge in [-0.25, -0.2) is 0 Å². The normalized spacial score (nSPS) is 11.0. The van der Waals surface area contributed by atoms with Crippen molar-refractivity contribution in [3.8, 4) is 0 Å². The third kappa shape index (κ3) is 2.71. The van der Waals surface area contributed by atoms with E-state index in [0.717, 1.165) is 11.6 Å². The molecule has 0 amide bonds. The molecule has 0 aliphatic rings. The molecule has 0 spiro atoms. The summed E-state index contributed by atoms with van der Waals surface area (Å²) in [5, 5.41) is 1.49. The van der Waals surface area contributed by atoms with Gasteiger partial charge in [0, 0.05) is 0 Å². The molecule has 0 fully saturated rings. The standard InChI is InChI=1S/C13H18Si/c1-5-12(2)11-14(3,4)13-9-7-6-8-10-13/h5-10H,1-2,11H2,3-4H3. The molecule has 0 saturated carbocycles. The molecule has 0 aromatic heterocycles. The Kier molecular flexibility index (Phi) is 3.47. The van der Waals surface area contributed by atoms with Crippen molar-refractivity contribution in [1.82, 2.24) is 0 Å². The van der Waals surface area contributed by atoms with Crippen molar-refractivity contribution in [1.29, 1.82) is 0 Å². The summed E-state index contributed by atoms with van der Waals surface area (Å²) >= 11 is 0. The van der Waals surface area contributed by atoms with Gasteiger partial charge in [0.15, 0.2) is 0 Å². The molecule has 14 heavy (non-hydrogen) atoms. The fourth-order valence-electron chi connectivity index (χ4n) is 1.63. The van der Waals surface area contributed by atoms with Gasteiger partial charge in [-0.15, -0.1) is 0 Å². The molecule has 0 aliphatic heterocycles. The summed E-state index contributed by atoms with van der Waals surface area (Å²) in [5.41, 5.74) is 1.16. The number of benzene rings is 1. The third-order valence-electron chi connectivity index (χ3n) is 2.51. The van der Waals surface area contributed by atoms with E-state index in [2.05, 4.69) is 56.6 Å². The van der Waals surface area contributed by atoms with Crippen LogP contribution < -0.4 is 5.19 Å². The van der Waals surface area contributed by atoms with Gasteiger partial charge in [-0.05, 0) is 6.04 Å². The second kappa shape index (κ2) is 4.42. The fraction of sp³-hybridized carbons (Fsp3) is 0.231. The second-order valence-corrected chi connectivity index (χ2v) is 8.99. The molecule has 0 N–H and O–H groups in total. The highest BCUT2D eigenvalue weighted by molar-refractivity contribution is 6.90. The number of rotatable bonds is 4. The SMILES string of the molecule is C=CC(=C)C[Si](C)(C)c1ccccc1. The topological polar surface area (TPSA) is 0 Å². The van der Waals surface area contributed by atoms with E-state index in [9.17, 15) is 0 Å². The Morgan fingerprint density at radius 3 is 2.36 bits per heavy atom. The molecule has 0 atom stereocenters. The quantitative estimate of drug-likeness (QED) is 0.519. The predicted octanol–water partition coefficient (Wildman–Crippen LogP) is 3.34. The summed E-state index contributed by atoms with van der Waals surface area (Å²) in [4.78, 5) is 0. The lowest BCUT2D eigenvalue weighted by Crippen LogP contribution is -2.41. The van der Waals surface area contributed by atoms with Crippen molar-refractivity contribution < 1.29 is 0 Å². The van der Waals surface area contributed by atoms with Gasteiger partial charge >= 0.3 is 0 Å². The molecule has 1 heteroatoms. The first-order valence-electron chi connectivity index (χ1n) is 4.92. The average molecular weight is 202 g/mol. The highest BCUT2D eigenvalue weighted by Gasteiger charge is 2.22. The molecule has 1 aromatic rings. The Balaban J connectivity index is 2.85. The Morgan fingerprint density at radius 2 is 1.86 bits per heavy atom. The van der Waals surface area contributed by atoms with E-state index in [1.807, 2.05) is 6.08 Å². The fourth-order valence-corrected chi connectivity index (χ4v) is 4.21. The van der Waals surface area contributed by atoms with Crippen LogP contribution >= 0.6 is 0 Å². The van der Waals surface area contributed by atoms with Crippen LogP contribution in [-0.4, -0.2) is 8.07 Å². The minimum Gasteiger partial charge on any atom is -0.0988 e. The van der Waals surface area contributed by atoms with Crippen molar-refractivity contribution in [2.24, 2.45) is 0 Å². The lowest BCUT2D eigenvalue weighted by atomic mass is 10.3. The van der Waals surface area contributed by atoms with E-state index in [0.29, 0.717) is 0 Å². The molecule has 0 aliphatic carbocycles. The second-order valence-electron chi connectivity index (χ2n) is 4.29. The third-order valence-corrected chi connectivity index (χ3v) is 5.75. The van der Waals surface area contributed by atoms with E-state index < -0.39 is 8.07 Å². The largest absolute Gasteiger partial charge is 0.0988 e. The summed E-state index contributed by atoms with van der Waals surface area (Å²) in [7, 11) is -1.33. The maximum absolute atomic E-state index is 4.00. The molecule has 0 unspecified atom stereocenters. The zero-order chi connectivity index (χ0) is 10.6. The minimum absolute atomic E-state index is 1.10. The number of hydrogen-bond acceptors (Lipinski definition) is 0. The first kappa shape index (κ1) is 11.0. The van der Waals surface area contributed by atoms with Crippen LogP contribution in [0.5, 0.6) is 0 Å². The highest BCUT2D eigenvalue weighted by Crippen LogP contribution is 2.15. The zero-order valence-electron chi connectivity index (χ0n) is 9.09. The van der Waals surface area contributed by atoms with Gasteiger partial charge in [0.05, 0.1) is 8.07 Å². The van der Waals surface area contributed by atoms with Crippen LogP contribution in [-0.2, 0) is 0 Å². The lowest BCUT2D eigenvalue weighted by Gasteiger charge is -2.23. The summed E-state index contributed by atoms with van der Waals surface area (Å²) < 4.78 is 0. The van der Waals surface area contributed by atoms with E-state index >= 15 is 0 Å². The van der Waals surface area contributed by atoms with Crippen molar-refractivity contribution in [2.45, 2.75) is 19.1 Å². The number of hydrogen-bond donors (Lipinski definition) is 0. The van der Waals surface area contributed by atoms with Gasteiger partial charge in [-0.1, -0.05) is 73.4 Å². The highest BCUT2D eigenvalue weighted by atomic mass is 28.3. The van der Waals surface area contributed by atoms with Crippen LogP contribution in [0.4, 0.5) is 0 Å². The van der Waals surface area contributed by atoms with E-state index in [4.69, 9.17) is 0 Å². The van der Waals surface area contributed by atoms with Crippen molar-refractivity contribution in [3.05, 3.63) is 55.1 Å². The van der Waals surface area contributed by atoms with E-state index in [1.165, 1.54) is 5.19 Å². The Morgan fingerprint density at radius 1 is 1.29 bits per heavy atom. The van der Waals surface area contributed by atoms with Gasteiger partial charge in [0.25, 0.3) is 0 Å². The molecule has 0 bridgehead atoms. The maximum atomic E-state index is 4.00. The molecular formula is C13H18Si. The van der Waals surface area contributed by atoms with Crippen molar-refractivity contribution in [2.75, 3.05) is 0 Å². The van der Waals surface area contributed by atoms with Gasteiger partial charge < -0.3 is 0 Å². The van der Waals surface area contributed by atoms with Crippen LogP contribution in [0.3, 0.4) is 0 Å². The molecule has 0 saturated heterocycles. The molecule has 0 nitrogen and oxygen atoms in total. The van der Waals surface area contributed by atoms with Crippen LogP contribution in [0.15, 0.2) is 55.1 Å². The number of allylic oxidation sites excluding steroid dienone is 2. The molecule has 74 valence electrons. The Labute approximate surface area is 88.0 Å². The van der Waals surface area contributed by atoms with Gasteiger partial charge in [-0.2, -0.15) is 0 Å². The van der Waals surface area contributed by atoms with Crippen LogP contribution in [0.1, 0.15) is 0 Å². The monoisotopic (exact) mass is 202 g/mol. The Bertz CT molecular complexity index is 322. The average Bonchev–Trinajstić information content (AvgIpc) is 2.18. The summed E-state index contributed by atoms with van der Waals surface area (Å²) in [5.74, 6) is 0. The molecule has 1 aromatic carbocycles. The van der Waals surface area contributed by atoms with Gasteiger partial charge in [0.1, 0.15) is 0 Å². The lowest BCUT2D eigenvalue weighted by molar-refractivity contribution is 1.44. The predicted molar refractivity (Wildman–Crippen MR) is 67.7 cm³/mol. The molecule has 0 heterocycles. The molecule has 1 rings (SSSR count). The molecular weight excluding hydrogens is 184 g/mol. The summed E-state index contributed by atoms with van der Waals surface area (Å²) in [6, 6.07) is 11.8. The van der Waals surface area contributed by atoms with Crippen LogP contribution in [0.2, 0.25) is 19.1 Å². The van der Waals surface area contributed by atoms with E-state index in [-0.39, 0.29) is 0 Å². The van der Waals surface area contributed by atoms with Crippen molar-refractivity contribution >= 4 is 13.3 Å². The van der Waals surface area contributed by atoms with Gasteiger partial charge in [-0.3, -0.25) is 0 Å². The van der Waals surface area contributed by atoms with Crippen LogP contribution in [0, 0.1) is 0 Å². The molecule has 0 radical (unpaired) electrons. The minimum atomic E-state index is -1.33.